The molecule has 0 saturated heterocycles. The van der Waals surface area contributed by atoms with Crippen molar-refractivity contribution in [2.45, 2.75) is 39.7 Å². The third-order valence-corrected chi connectivity index (χ3v) is 4.87. The van der Waals surface area contributed by atoms with Gasteiger partial charge in [0.05, 0.1) is 5.69 Å². The van der Waals surface area contributed by atoms with E-state index in [1.165, 1.54) is 10.6 Å². The minimum absolute atomic E-state index is 0.489. The number of nitrogens with zero attached hydrogens (tertiary/aromatic N) is 3. The van der Waals surface area contributed by atoms with Crippen LogP contribution in [0.3, 0.4) is 0 Å². The molecule has 0 radical (unpaired) electrons. The standard InChI is InChI=1S/C17H27N5S/c1-13(16-7-5-10-23-16)12-20-17(18-4)19-8-6-9-22-15(3)11-14(2)21-22/h5,7,10-11,13H,6,8-9,12H2,1-4H3,(H2,18,19,20). The highest BCUT2D eigenvalue weighted by Gasteiger charge is 2.07. The molecule has 0 amide bonds. The van der Waals surface area contributed by atoms with Crippen LogP contribution in [-0.2, 0) is 6.54 Å². The number of aryl methyl sites for hydroxylation is 3. The van der Waals surface area contributed by atoms with Crippen molar-refractivity contribution in [3.8, 4) is 0 Å². The van der Waals surface area contributed by atoms with E-state index in [9.17, 15) is 0 Å². The van der Waals surface area contributed by atoms with Gasteiger partial charge in [-0.05, 0) is 37.8 Å². The van der Waals surface area contributed by atoms with E-state index in [1.54, 1.807) is 11.3 Å². The average molecular weight is 334 g/mol. The Kier molecular flexibility index (Phi) is 6.65. The van der Waals surface area contributed by atoms with E-state index in [0.717, 1.165) is 37.7 Å². The molecule has 23 heavy (non-hydrogen) atoms. The average Bonchev–Trinajstić information content (AvgIpc) is 3.16. The summed E-state index contributed by atoms with van der Waals surface area (Å²) in [5.41, 5.74) is 2.30. The number of aromatic nitrogens is 2. The third kappa shape index (κ3) is 5.39. The summed E-state index contributed by atoms with van der Waals surface area (Å²) in [6.07, 6.45) is 1.02. The van der Waals surface area contributed by atoms with Gasteiger partial charge < -0.3 is 10.6 Å². The van der Waals surface area contributed by atoms with Crippen molar-refractivity contribution < 1.29 is 0 Å². The Labute approximate surface area is 142 Å². The topological polar surface area (TPSA) is 54.2 Å². The van der Waals surface area contributed by atoms with Crippen molar-refractivity contribution in [1.29, 1.82) is 0 Å². The molecule has 0 bridgehead atoms. The fourth-order valence-electron chi connectivity index (χ4n) is 2.48. The summed E-state index contributed by atoms with van der Waals surface area (Å²) in [7, 11) is 1.81. The molecule has 0 aliphatic rings. The summed E-state index contributed by atoms with van der Waals surface area (Å²) in [5.74, 6) is 1.35. The number of rotatable bonds is 7. The molecule has 2 aromatic heterocycles. The zero-order valence-electron chi connectivity index (χ0n) is 14.5. The lowest BCUT2D eigenvalue weighted by atomic mass is 10.1. The molecule has 2 N–H and O–H groups in total. The van der Waals surface area contributed by atoms with Crippen LogP contribution in [0.25, 0.3) is 0 Å². The number of guanidine groups is 1. The van der Waals surface area contributed by atoms with Gasteiger partial charge >= 0.3 is 0 Å². The predicted molar refractivity (Wildman–Crippen MR) is 98.4 cm³/mol. The van der Waals surface area contributed by atoms with E-state index < -0.39 is 0 Å². The van der Waals surface area contributed by atoms with Crippen molar-refractivity contribution in [2.24, 2.45) is 4.99 Å². The fourth-order valence-corrected chi connectivity index (χ4v) is 3.27. The number of hydrogen-bond donors (Lipinski definition) is 2. The second kappa shape index (κ2) is 8.72. The van der Waals surface area contributed by atoms with Crippen molar-refractivity contribution in [3.63, 3.8) is 0 Å². The van der Waals surface area contributed by atoms with Crippen molar-refractivity contribution in [2.75, 3.05) is 20.1 Å². The first-order chi connectivity index (χ1) is 11.1. The summed E-state index contributed by atoms with van der Waals surface area (Å²) < 4.78 is 2.06. The zero-order chi connectivity index (χ0) is 16.7. The molecule has 2 aromatic rings. The summed E-state index contributed by atoms with van der Waals surface area (Å²) in [6, 6.07) is 6.39. The molecule has 0 aromatic carbocycles. The summed E-state index contributed by atoms with van der Waals surface area (Å²) in [6.45, 7) is 9.05. The van der Waals surface area contributed by atoms with Gasteiger partial charge in [0.25, 0.3) is 0 Å². The van der Waals surface area contributed by atoms with E-state index in [1.807, 2.05) is 14.0 Å². The molecule has 0 spiro atoms. The van der Waals surface area contributed by atoms with Crippen molar-refractivity contribution in [3.05, 3.63) is 39.8 Å². The van der Waals surface area contributed by atoms with E-state index >= 15 is 0 Å². The quantitative estimate of drug-likeness (QED) is 0.465. The highest BCUT2D eigenvalue weighted by Crippen LogP contribution is 2.19. The Morgan fingerprint density at radius 3 is 2.83 bits per heavy atom. The lowest BCUT2D eigenvalue weighted by Crippen LogP contribution is -2.39. The van der Waals surface area contributed by atoms with Gasteiger partial charge in [-0.2, -0.15) is 5.10 Å². The monoisotopic (exact) mass is 333 g/mol. The summed E-state index contributed by atoms with van der Waals surface area (Å²) >= 11 is 1.80. The van der Waals surface area contributed by atoms with Crippen LogP contribution in [-0.4, -0.2) is 35.9 Å². The second-order valence-corrected chi connectivity index (χ2v) is 6.78. The maximum atomic E-state index is 4.48. The smallest absolute Gasteiger partial charge is 0.190 e. The highest BCUT2D eigenvalue weighted by molar-refractivity contribution is 7.10. The molecule has 0 aliphatic carbocycles. The Hall–Kier alpha value is -1.82. The van der Waals surface area contributed by atoms with Crippen LogP contribution in [0, 0.1) is 13.8 Å². The first-order valence-electron chi connectivity index (χ1n) is 8.09. The van der Waals surface area contributed by atoms with Gasteiger partial charge in [-0.25, -0.2) is 0 Å². The molecule has 6 heteroatoms. The first kappa shape index (κ1) is 17.5. The Bertz CT molecular complexity index is 615. The van der Waals surface area contributed by atoms with Crippen LogP contribution < -0.4 is 10.6 Å². The largest absolute Gasteiger partial charge is 0.356 e. The maximum Gasteiger partial charge on any atom is 0.190 e. The molecule has 5 nitrogen and oxygen atoms in total. The van der Waals surface area contributed by atoms with Gasteiger partial charge in [0.15, 0.2) is 5.96 Å². The fraction of sp³-hybridized carbons (Fsp3) is 0.529. The van der Waals surface area contributed by atoms with Crippen molar-refractivity contribution in [1.82, 2.24) is 20.4 Å². The molecule has 2 rings (SSSR count). The highest BCUT2D eigenvalue weighted by atomic mass is 32.1. The minimum atomic E-state index is 0.489. The molecular formula is C17H27N5S. The van der Waals surface area contributed by atoms with E-state index in [0.29, 0.717) is 5.92 Å². The predicted octanol–water partition coefficient (Wildman–Crippen LogP) is 2.92. The molecule has 0 saturated carbocycles. The lowest BCUT2D eigenvalue weighted by molar-refractivity contribution is 0.554. The van der Waals surface area contributed by atoms with Gasteiger partial charge in [-0.1, -0.05) is 13.0 Å². The van der Waals surface area contributed by atoms with Gasteiger partial charge in [0.1, 0.15) is 0 Å². The molecule has 0 fully saturated rings. The van der Waals surface area contributed by atoms with Crippen LogP contribution in [0.4, 0.5) is 0 Å². The van der Waals surface area contributed by atoms with E-state index in [4.69, 9.17) is 0 Å². The van der Waals surface area contributed by atoms with Crippen LogP contribution in [0.2, 0.25) is 0 Å². The Balaban J connectivity index is 1.68. The van der Waals surface area contributed by atoms with E-state index in [2.05, 4.69) is 62.8 Å². The summed E-state index contributed by atoms with van der Waals surface area (Å²) in [5, 5.41) is 13.4. The number of hydrogen-bond acceptors (Lipinski definition) is 3. The van der Waals surface area contributed by atoms with Crippen molar-refractivity contribution >= 4 is 17.3 Å². The first-order valence-corrected chi connectivity index (χ1v) is 8.97. The van der Waals surface area contributed by atoms with Crippen LogP contribution in [0.5, 0.6) is 0 Å². The minimum Gasteiger partial charge on any atom is -0.356 e. The van der Waals surface area contributed by atoms with Gasteiger partial charge in [0, 0.05) is 43.2 Å². The Morgan fingerprint density at radius 1 is 1.39 bits per heavy atom. The number of thiophene rings is 1. The maximum absolute atomic E-state index is 4.48. The molecule has 1 atom stereocenters. The normalized spacial score (nSPS) is 13.1. The second-order valence-electron chi connectivity index (χ2n) is 5.80. The van der Waals surface area contributed by atoms with Crippen LogP contribution in [0.1, 0.15) is 35.5 Å². The molecular weight excluding hydrogens is 306 g/mol. The van der Waals surface area contributed by atoms with Crippen LogP contribution in [0.15, 0.2) is 28.6 Å². The van der Waals surface area contributed by atoms with Gasteiger partial charge in [-0.3, -0.25) is 9.67 Å². The SMILES string of the molecule is CN=C(NCCCn1nc(C)cc1C)NCC(C)c1cccs1. The lowest BCUT2D eigenvalue weighted by Gasteiger charge is -2.15. The summed E-state index contributed by atoms with van der Waals surface area (Å²) in [4.78, 5) is 5.68. The Morgan fingerprint density at radius 2 is 2.22 bits per heavy atom. The molecule has 1 unspecified atom stereocenters. The number of aliphatic imine (C=N–C) groups is 1. The van der Waals surface area contributed by atoms with E-state index in [-0.39, 0.29) is 0 Å². The molecule has 2 heterocycles. The number of nitrogens with one attached hydrogen (secondary N) is 2. The zero-order valence-corrected chi connectivity index (χ0v) is 15.3. The van der Waals surface area contributed by atoms with Crippen LogP contribution >= 0.6 is 11.3 Å². The van der Waals surface area contributed by atoms with Gasteiger partial charge in [-0.15, -0.1) is 11.3 Å². The molecule has 0 aliphatic heterocycles. The third-order valence-electron chi connectivity index (χ3n) is 3.77. The van der Waals surface area contributed by atoms with Gasteiger partial charge in [0.2, 0.25) is 0 Å². The molecule has 126 valence electrons.